The van der Waals surface area contributed by atoms with Crippen molar-refractivity contribution in [2.24, 2.45) is 0 Å². The van der Waals surface area contributed by atoms with Gasteiger partial charge in [-0.2, -0.15) is 0 Å². The molecule has 0 atom stereocenters. The monoisotopic (exact) mass is 195 g/mol. The largest absolute Gasteiger partial charge is 0.314 e. The maximum absolute atomic E-state index is 3.39. The highest BCUT2D eigenvalue weighted by Crippen LogP contribution is 2.11. The summed E-state index contributed by atoms with van der Waals surface area (Å²) in [6.07, 6.45) is 3.67. The van der Waals surface area contributed by atoms with E-state index in [1.165, 1.54) is 32.6 Å². The zero-order valence-electron chi connectivity index (χ0n) is 9.13. The van der Waals surface area contributed by atoms with Crippen LogP contribution in [0.2, 0.25) is 0 Å². The fourth-order valence-electron chi connectivity index (χ4n) is 2.11. The van der Waals surface area contributed by atoms with Crippen molar-refractivity contribution < 1.29 is 0 Å². The number of piperazine rings is 1. The molecule has 0 bridgehead atoms. The summed E-state index contributed by atoms with van der Waals surface area (Å²) in [4.78, 5) is 4.94. The zero-order valence-corrected chi connectivity index (χ0v) is 9.13. The van der Waals surface area contributed by atoms with E-state index in [0.717, 1.165) is 19.6 Å². The first-order valence-corrected chi connectivity index (χ1v) is 5.64. The minimum Gasteiger partial charge on any atom is -0.314 e. The zero-order chi connectivity index (χ0) is 9.80. The van der Waals surface area contributed by atoms with Crippen LogP contribution in [0.4, 0.5) is 0 Å². The van der Waals surface area contributed by atoms with Crippen molar-refractivity contribution in [2.45, 2.75) is 6.42 Å². The number of nitrogens with one attached hydrogen (secondary N) is 1. The highest BCUT2D eigenvalue weighted by Gasteiger charge is 2.13. The van der Waals surface area contributed by atoms with Crippen LogP contribution in [0.5, 0.6) is 0 Å². The van der Waals surface area contributed by atoms with E-state index < -0.39 is 0 Å². The van der Waals surface area contributed by atoms with Crippen molar-refractivity contribution in [1.29, 1.82) is 0 Å². The third-order valence-corrected chi connectivity index (χ3v) is 3.14. The second-order valence-corrected chi connectivity index (χ2v) is 4.40. The van der Waals surface area contributed by atoms with Crippen molar-refractivity contribution in [1.82, 2.24) is 15.1 Å². The molecular formula is C11H21N3. The molecule has 0 aromatic rings. The van der Waals surface area contributed by atoms with Gasteiger partial charge in [-0.05, 0) is 13.5 Å². The first-order chi connectivity index (χ1) is 6.84. The Morgan fingerprint density at radius 3 is 2.71 bits per heavy atom. The smallest absolute Gasteiger partial charge is 0.0194 e. The molecule has 80 valence electrons. The molecule has 2 aliphatic rings. The van der Waals surface area contributed by atoms with Crippen LogP contribution in [-0.2, 0) is 0 Å². The average molecular weight is 195 g/mol. The topological polar surface area (TPSA) is 18.5 Å². The number of likely N-dealkylation sites (N-methyl/N-ethyl adjacent to an activating group) is 1. The Balaban J connectivity index is 1.78. The molecule has 0 spiro atoms. The Kier molecular flexibility index (Phi) is 3.56. The third-order valence-electron chi connectivity index (χ3n) is 3.14. The molecule has 3 nitrogen and oxygen atoms in total. The second-order valence-electron chi connectivity index (χ2n) is 4.40. The normalized spacial score (nSPS) is 26.2. The molecule has 0 amide bonds. The lowest BCUT2D eigenvalue weighted by molar-refractivity contribution is 0.251. The minimum atomic E-state index is 1.14. The van der Waals surface area contributed by atoms with E-state index in [-0.39, 0.29) is 0 Å². The van der Waals surface area contributed by atoms with Gasteiger partial charge < -0.3 is 10.2 Å². The van der Waals surface area contributed by atoms with E-state index in [0.29, 0.717) is 0 Å². The number of hydrogen-bond acceptors (Lipinski definition) is 3. The fraction of sp³-hybridized carbons (Fsp3) is 0.818. The van der Waals surface area contributed by atoms with Gasteiger partial charge in [0.05, 0.1) is 0 Å². The maximum atomic E-state index is 3.39. The average Bonchev–Trinajstić information content (AvgIpc) is 2.23. The molecule has 0 aromatic heterocycles. The Morgan fingerprint density at radius 2 is 2.07 bits per heavy atom. The van der Waals surface area contributed by atoms with Crippen molar-refractivity contribution in [3.8, 4) is 0 Å². The predicted octanol–water partition coefficient (Wildman–Crippen LogP) is 0.154. The molecule has 0 radical (unpaired) electrons. The standard InChI is InChI=1S/C11H21N3/c1-13-6-2-11(3-7-13)10-14-8-4-12-5-9-14/h2,12H,3-10H2,1H3. The van der Waals surface area contributed by atoms with Gasteiger partial charge >= 0.3 is 0 Å². The van der Waals surface area contributed by atoms with Gasteiger partial charge in [0.2, 0.25) is 0 Å². The molecule has 0 aliphatic carbocycles. The summed E-state index contributed by atoms with van der Waals surface area (Å²) in [5.41, 5.74) is 1.64. The number of nitrogens with zero attached hydrogens (tertiary/aromatic N) is 2. The molecule has 14 heavy (non-hydrogen) atoms. The molecular weight excluding hydrogens is 174 g/mol. The van der Waals surface area contributed by atoms with Gasteiger partial charge in [0.15, 0.2) is 0 Å². The number of hydrogen-bond donors (Lipinski definition) is 1. The van der Waals surface area contributed by atoms with E-state index in [1.54, 1.807) is 5.57 Å². The van der Waals surface area contributed by atoms with Crippen molar-refractivity contribution in [2.75, 3.05) is 52.9 Å². The van der Waals surface area contributed by atoms with E-state index in [9.17, 15) is 0 Å². The summed E-state index contributed by atoms with van der Waals surface area (Å²) in [6, 6.07) is 0. The van der Waals surface area contributed by atoms with E-state index in [1.807, 2.05) is 0 Å². The van der Waals surface area contributed by atoms with Crippen LogP contribution in [0, 0.1) is 0 Å². The predicted molar refractivity (Wildman–Crippen MR) is 59.5 cm³/mol. The molecule has 1 fully saturated rings. The summed E-state index contributed by atoms with van der Waals surface area (Å²) < 4.78 is 0. The first kappa shape index (κ1) is 10.1. The quantitative estimate of drug-likeness (QED) is 0.633. The molecule has 2 rings (SSSR count). The van der Waals surface area contributed by atoms with Crippen LogP contribution in [0.3, 0.4) is 0 Å². The minimum absolute atomic E-state index is 1.14. The van der Waals surface area contributed by atoms with Crippen molar-refractivity contribution >= 4 is 0 Å². The summed E-state index contributed by atoms with van der Waals surface area (Å²) in [5, 5.41) is 3.39. The Labute approximate surface area is 86.8 Å². The SMILES string of the molecule is CN1CC=C(CN2CCNCC2)CC1. The Bertz CT molecular complexity index is 207. The van der Waals surface area contributed by atoms with Gasteiger partial charge in [0, 0.05) is 45.8 Å². The van der Waals surface area contributed by atoms with Crippen LogP contribution >= 0.6 is 0 Å². The Morgan fingerprint density at radius 1 is 1.29 bits per heavy atom. The summed E-state index contributed by atoms with van der Waals surface area (Å²) in [5.74, 6) is 0. The third kappa shape index (κ3) is 2.80. The summed E-state index contributed by atoms with van der Waals surface area (Å²) in [7, 11) is 2.19. The lowest BCUT2D eigenvalue weighted by Gasteiger charge is -2.30. The van der Waals surface area contributed by atoms with Gasteiger partial charge in [-0.15, -0.1) is 0 Å². The van der Waals surface area contributed by atoms with Gasteiger partial charge in [0.1, 0.15) is 0 Å². The molecule has 1 saturated heterocycles. The lowest BCUT2D eigenvalue weighted by Crippen LogP contribution is -2.44. The van der Waals surface area contributed by atoms with Crippen LogP contribution in [-0.4, -0.2) is 62.7 Å². The highest BCUT2D eigenvalue weighted by atomic mass is 15.2. The van der Waals surface area contributed by atoms with Crippen LogP contribution in [0.25, 0.3) is 0 Å². The fourth-order valence-corrected chi connectivity index (χ4v) is 2.11. The van der Waals surface area contributed by atoms with Gasteiger partial charge in [-0.25, -0.2) is 0 Å². The second kappa shape index (κ2) is 4.91. The Hall–Kier alpha value is -0.380. The molecule has 3 heteroatoms. The molecule has 2 heterocycles. The molecule has 0 aromatic carbocycles. The molecule has 0 saturated carbocycles. The number of rotatable bonds is 2. The van der Waals surface area contributed by atoms with Crippen molar-refractivity contribution in [3.05, 3.63) is 11.6 Å². The van der Waals surface area contributed by atoms with Gasteiger partial charge in [-0.3, -0.25) is 4.90 Å². The summed E-state index contributed by atoms with van der Waals surface area (Å²) in [6.45, 7) is 8.33. The van der Waals surface area contributed by atoms with E-state index >= 15 is 0 Å². The molecule has 2 aliphatic heterocycles. The van der Waals surface area contributed by atoms with E-state index in [4.69, 9.17) is 0 Å². The first-order valence-electron chi connectivity index (χ1n) is 5.64. The summed E-state index contributed by atoms with van der Waals surface area (Å²) >= 11 is 0. The molecule has 1 N–H and O–H groups in total. The van der Waals surface area contributed by atoms with Crippen LogP contribution in [0.15, 0.2) is 11.6 Å². The van der Waals surface area contributed by atoms with Crippen molar-refractivity contribution in [3.63, 3.8) is 0 Å². The van der Waals surface area contributed by atoms with Crippen LogP contribution < -0.4 is 5.32 Å². The lowest BCUT2D eigenvalue weighted by atomic mass is 10.1. The van der Waals surface area contributed by atoms with E-state index in [2.05, 4.69) is 28.2 Å². The van der Waals surface area contributed by atoms with Crippen LogP contribution in [0.1, 0.15) is 6.42 Å². The maximum Gasteiger partial charge on any atom is 0.0194 e. The highest BCUT2D eigenvalue weighted by molar-refractivity contribution is 5.09. The van der Waals surface area contributed by atoms with Gasteiger partial charge in [-0.1, -0.05) is 11.6 Å². The van der Waals surface area contributed by atoms with Gasteiger partial charge in [0.25, 0.3) is 0 Å². The molecule has 0 unspecified atom stereocenters.